The van der Waals surface area contributed by atoms with Crippen molar-refractivity contribution in [1.82, 2.24) is 20.0 Å². The van der Waals surface area contributed by atoms with Gasteiger partial charge in [-0.25, -0.2) is 0 Å². The Morgan fingerprint density at radius 3 is 3.00 bits per heavy atom. The van der Waals surface area contributed by atoms with Gasteiger partial charge in [0.15, 0.2) is 0 Å². The number of nitrogens with one attached hydrogen (secondary N) is 1. The Labute approximate surface area is 125 Å². The minimum Gasteiger partial charge on any atom is -0.385 e. The average Bonchev–Trinajstić information content (AvgIpc) is 2.85. The maximum absolute atomic E-state index is 4.74. The van der Waals surface area contributed by atoms with Crippen LogP contribution in [0.15, 0.2) is 24.3 Å². The number of nitrogens with zero attached hydrogens (tertiary/aromatic N) is 3. The van der Waals surface area contributed by atoms with E-state index < -0.39 is 0 Å². The Bertz CT molecular complexity index is 713. The van der Waals surface area contributed by atoms with Crippen molar-refractivity contribution in [2.24, 2.45) is 5.92 Å². The molecular weight excluding hydrogens is 260 g/mol. The molecule has 0 spiro atoms. The van der Waals surface area contributed by atoms with Crippen LogP contribution < -0.4 is 5.32 Å². The molecule has 1 aromatic carbocycles. The van der Waals surface area contributed by atoms with E-state index in [1.54, 1.807) is 0 Å². The Kier molecular flexibility index (Phi) is 3.00. The van der Waals surface area contributed by atoms with E-state index in [-0.39, 0.29) is 0 Å². The first-order valence-corrected chi connectivity index (χ1v) is 7.83. The molecule has 2 aromatic rings. The second-order valence-corrected chi connectivity index (χ2v) is 6.48. The lowest BCUT2D eigenvalue weighted by Gasteiger charge is -2.23. The number of hydrogen-bond acceptors (Lipinski definition) is 3. The predicted molar refractivity (Wildman–Crippen MR) is 85.8 cm³/mol. The van der Waals surface area contributed by atoms with Crippen molar-refractivity contribution in [1.29, 1.82) is 0 Å². The SMILES string of the molecule is CC1CC=C(c2ccc3nn4c(c3c2)CN(C)CC4)NC1. The lowest BCUT2D eigenvalue weighted by molar-refractivity contribution is 0.260. The molecule has 0 radical (unpaired) electrons. The van der Waals surface area contributed by atoms with Gasteiger partial charge in [-0.15, -0.1) is 0 Å². The molecular formula is C17H22N4. The highest BCUT2D eigenvalue weighted by Crippen LogP contribution is 2.27. The molecule has 4 heteroatoms. The van der Waals surface area contributed by atoms with Crippen LogP contribution in [-0.4, -0.2) is 34.8 Å². The third-order valence-electron chi connectivity index (χ3n) is 4.64. The van der Waals surface area contributed by atoms with Gasteiger partial charge in [-0.3, -0.25) is 9.58 Å². The van der Waals surface area contributed by atoms with E-state index in [4.69, 9.17) is 5.10 Å². The fraction of sp³-hybridized carbons (Fsp3) is 0.471. The largest absolute Gasteiger partial charge is 0.385 e. The lowest BCUT2D eigenvalue weighted by Crippen LogP contribution is -2.30. The summed E-state index contributed by atoms with van der Waals surface area (Å²) < 4.78 is 2.18. The average molecular weight is 282 g/mol. The number of fused-ring (bicyclic) bond motifs is 3. The molecule has 0 bridgehead atoms. The third kappa shape index (κ3) is 2.23. The van der Waals surface area contributed by atoms with Crippen LogP contribution in [0.2, 0.25) is 0 Å². The number of benzene rings is 1. The van der Waals surface area contributed by atoms with Crippen molar-refractivity contribution in [3.8, 4) is 0 Å². The summed E-state index contributed by atoms with van der Waals surface area (Å²) in [6.07, 6.45) is 3.49. The van der Waals surface area contributed by atoms with Crippen LogP contribution in [-0.2, 0) is 13.1 Å². The van der Waals surface area contributed by atoms with E-state index >= 15 is 0 Å². The van der Waals surface area contributed by atoms with Gasteiger partial charge in [0.1, 0.15) is 0 Å². The van der Waals surface area contributed by atoms with Crippen LogP contribution in [0.5, 0.6) is 0 Å². The van der Waals surface area contributed by atoms with E-state index in [9.17, 15) is 0 Å². The van der Waals surface area contributed by atoms with Crippen molar-refractivity contribution in [3.05, 3.63) is 35.5 Å². The molecule has 21 heavy (non-hydrogen) atoms. The van der Waals surface area contributed by atoms with Gasteiger partial charge >= 0.3 is 0 Å². The Hall–Kier alpha value is -1.81. The summed E-state index contributed by atoms with van der Waals surface area (Å²) in [4.78, 5) is 2.36. The molecule has 0 saturated heterocycles. The van der Waals surface area contributed by atoms with Gasteiger partial charge < -0.3 is 5.32 Å². The van der Waals surface area contributed by atoms with Gasteiger partial charge in [0.2, 0.25) is 0 Å². The normalized spacial score (nSPS) is 22.8. The topological polar surface area (TPSA) is 33.1 Å². The fourth-order valence-corrected chi connectivity index (χ4v) is 3.28. The second-order valence-electron chi connectivity index (χ2n) is 6.48. The molecule has 0 fully saturated rings. The number of likely N-dealkylation sites (N-methyl/N-ethyl adjacent to an activating group) is 1. The zero-order chi connectivity index (χ0) is 14.4. The van der Waals surface area contributed by atoms with Gasteiger partial charge in [-0.2, -0.15) is 5.10 Å². The van der Waals surface area contributed by atoms with Crippen LogP contribution in [0, 0.1) is 5.92 Å². The van der Waals surface area contributed by atoms with E-state index in [1.165, 1.54) is 22.3 Å². The van der Waals surface area contributed by atoms with Crippen LogP contribution in [0.4, 0.5) is 0 Å². The summed E-state index contributed by atoms with van der Waals surface area (Å²) in [6, 6.07) is 6.67. The molecule has 0 amide bonds. The summed E-state index contributed by atoms with van der Waals surface area (Å²) in [5.41, 5.74) is 5.04. The van der Waals surface area contributed by atoms with E-state index in [2.05, 4.69) is 53.1 Å². The van der Waals surface area contributed by atoms with Crippen molar-refractivity contribution < 1.29 is 0 Å². The molecule has 2 aliphatic rings. The summed E-state index contributed by atoms with van der Waals surface area (Å²) >= 11 is 0. The van der Waals surface area contributed by atoms with Gasteiger partial charge in [-0.1, -0.05) is 19.1 Å². The van der Waals surface area contributed by atoms with Crippen molar-refractivity contribution >= 4 is 16.6 Å². The number of rotatable bonds is 1. The minimum absolute atomic E-state index is 0.732. The summed E-state index contributed by atoms with van der Waals surface area (Å²) in [6.45, 7) is 6.42. The van der Waals surface area contributed by atoms with Gasteiger partial charge in [0, 0.05) is 30.7 Å². The molecule has 1 unspecified atom stereocenters. The molecule has 2 aliphatic heterocycles. The molecule has 4 rings (SSSR count). The van der Waals surface area contributed by atoms with Crippen molar-refractivity contribution in [2.75, 3.05) is 20.1 Å². The van der Waals surface area contributed by atoms with E-state index in [0.29, 0.717) is 0 Å². The fourth-order valence-electron chi connectivity index (χ4n) is 3.28. The van der Waals surface area contributed by atoms with Crippen LogP contribution >= 0.6 is 0 Å². The van der Waals surface area contributed by atoms with E-state index in [1.807, 2.05) is 0 Å². The highest BCUT2D eigenvalue weighted by Gasteiger charge is 2.19. The molecule has 4 nitrogen and oxygen atoms in total. The first kappa shape index (κ1) is 12.9. The van der Waals surface area contributed by atoms with Crippen LogP contribution in [0.25, 0.3) is 16.6 Å². The molecule has 0 aliphatic carbocycles. The summed E-state index contributed by atoms with van der Waals surface area (Å²) in [5, 5.41) is 9.60. The maximum atomic E-state index is 4.74. The van der Waals surface area contributed by atoms with Crippen molar-refractivity contribution in [3.63, 3.8) is 0 Å². The van der Waals surface area contributed by atoms with Crippen molar-refractivity contribution in [2.45, 2.75) is 26.4 Å². The smallest absolute Gasteiger partial charge is 0.0927 e. The number of aromatic nitrogens is 2. The number of allylic oxidation sites excluding steroid dienone is 1. The van der Waals surface area contributed by atoms with Crippen LogP contribution in [0.1, 0.15) is 24.6 Å². The zero-order valence-electron chi connectivity index (χ0n) is 12.8. The van der Waals surface area contributed by atoms with Gasteiger partial charge in [0.25, 0.3) is 0 Å². The predicted octanol–water partition coefficient (Wildman–Crippen LogP) is 2.45. The Balaban J connectivity index is 1.77. The molecule has 3 heterocycles. The summed E-state index contributed by atoms with van der Waals surface area (Å²) in [7, 11) is 2.18. The van der Waals surface area contributed by atoms with Crippen LogP contribution in [0.3, 0.4) is 0 Å². The zero-order valence-corrected chi connectivity index (χ0v) is 12.8. The summed E-state index contributed by atoms with van der Waals surface area (Å²) in [5.74, 6) is 0.732. The molecule has 0 saturated carbocycles. The highest BCUT2D eigenvalue weighted by molar-refractivity contribution is 5.85. The molecule has 1 N–H and O–H groups in total. The second kappa shape index (κ2) is 4.88. The quantitative estimate of drug-likeness (QED) is 0.872. The minimum atomic E-state index is 0.732. The Morgan fingerprint density at radius 1 is 1.29 bits per heavy atom. The lowest BCUT2D eigenvalue weighted by atomic mass is 9.99. The first-order chi connectivity index (χ1) is 10.2. The Morgan fingerprint density at radius 2 is 2.19 bits per heavy atom. The third-order valence-corrected chi connectivity index (χ3v) is 4.64. The standard InChI is InChI=1S/C17H22N4/c1-12-3-5-15(18-10-12)13-4-6-16-14(9-13)17-11-20(2)7-8-21(17)19-16/h4-6,9,12,18H,3,7-8,10-11H2,1-2H3. The highest BCUT2D eigenvalue weighted by atomic mass is 15.3. The first-order valence-electron chi connectivity index (χ1n) is 7.83. The van der Waals surface area contributed by atoms with Gasteiger partial charge in [-0.05, 0) is 37.1 Å². The number of hydrogen-bond donors (Lipinski definition) is 1. The molecule has 1 aromatic heterocycles. The molecule has 110 valence electrons. The van der Waals surface area contributed by atoms with Gasteiger partial charge in [0.05, 0.1) is 17.8 Å². The molecule has 1 atom stereocenters. The maximum Gasteiger partial charge on any atom is 0.0927 e. The van der Waals surface area contributed by atoms with E-state index in [0.717, 1.165) is 44.0 Å². The monoisotopic (exact) mass is 282 g/mol.